The third-order valence-corrected chi connectivity index (χ3v) is 4.77. The Labute approximate surface area is 166 Å². The first-order valence-corrected chi connectivity index (χ1v) is 8.86. The number of aromatic nitrogens is 3. The number of aromatic hydroxyl groups is 1. The molecule has 2 heterocycles. The number of halogens is 1. The molecule has 0 radical (unpaired) electrons. The lowest BCUT2D eigenvalue weighted by molar-refractivity contribution is 0.410. The molecular weight excluding hydrogens is 378 g/mol. The molecule has 0 spiro atoms. The fourth-order valence-electron chi connectivity index (χ4n) is 3.12. The molecule has 0 aliphatic heterocycles. The lowest BCUT2D eigenvalue weighted by Crippen LogP contribution is -2.01. The van der Waals surface area contributed by atoms with Gasteiger partial charge in [-0.1, -0.05) is 29.8 Å². The largest absolute Gasteiger partial charge is 0.506 e. The van der Waals surface area contributed by atoms with Gasteiger partial charge in [0.15, 0.2) is 0 Å². The van der Waals surface area contributed by atoms with Gasteiger partial charge in [0, 0.05) is 35.8 Å². The van der Waals surface area contributed by atoms with Crippen molar-refractivity contribution in [3.05, 3.63) is 53.8 Å². The molecule has 0 aliphatic rings. The van der Waals surface area contributed by atoms with Crippen molar-refractivity contribution in [3.63, 3.8) is 0 Å². The molecule has 0 bridgehead atoms. The average molecular weight is 396 g/mol. The highest BCUT2D eigenvalue weighted by atomic mass is 35.5. The number of nitrogens with one attached hydrogen (secondary N) is 1. The van der Waals surface area contributed by atoms with Crippen LogP contribution in [-0.2, 0) is 7.05 Å². The molecule has 8 heteroatoms. The van der Waals surface area contributed by atoms with E-state index >= 15 is 0 Å². The molecule has 0 aliphatic carbocycles. The molecule has 142 valence electrons. The van der Waals surface area contributed by atoms with E-state index in [-0.39, 0.29) is 11.4 Å². The maximum atomic E-state index is 9.77. The summed E-state index contributed by atoms with van der Waals surface area (Å²) in [5.74, 6) is 0.684. The topological polar surface area (TPSA) is 98.2 Å². The lowest BCUT2D eigenvalue weighted by Gasteiger charge is -2.13. The second-order valence-corrected chi connectivity index (χ2v) is 6.70. The highest BCUT2D eigenvalue weighted by Crippen LogP contribution is 2.37. The quantitative estimate of drug-likeness (QED) is 0.270. The number of fused-ring (bicyclic) bond motifs is 1. The van der Waals surface area contributed by atoms with E-state index in [0.717, 1.165) is 16.5 Å². The fraction of sp³-hybridized carbons (Fsp3) is 0.100. The SMILES string of the molecule is COc1cc(O)c(N)cc1Nc1ncc(Cl)c(-c2cn(C)c3ccccc23)n1. The smallest absolute Gasteiger partial charge is 0.227 e. The van der Waals surface area contributed by atoms with Gasteiger partial charge in [0.25, 0.3) is 0 Å². The zero-order valence-electron chi connectivity index (χ0n) is 15.3. The van der Waals surface area contributed by atoms with Crippen molar-refractivity contribution in [3.8, 4) is 22.8 Å². The van der Waals surface area contributed by atoms with Crippen LogP contribution in [0.3, 0.4) is 0 Å². The van der Waals surface area contributed by atoms with Gasteiger partial charge < -0.3 is 25.5 Å². The molecule has 2 aromatic heterocycles. The van der Waals surface area contributed by atoms with Gasteiger partial charge in [-0.05, 0) is 12.1 Å². The third-order valence-electron chi connectivity index (χ3n) is 4.49. The summed E-state index contributed by atoms with van der Waals surface area (Å²) in [5, 5.41) is 14.3. The van der Waals surface area contributed by atoms with Crippen molar-refractivity contribution >= 4 is 39.8 Å². The Bertz CT molecular complexity index is 1190. The van der Waals surface area contributed by atoms with Crippen LogP contribution in [0.5, 0.6) is 11.5 Å². The van der Waals surface area contributed by atoms with E-state index in [9.17, 15) is 5.11 Å². The predicted molar refractivity (Wildman–Crippen MR) is 111 cm³/mol. The van der Waals surface area contributed by atoms with Crippen LogP contribution in [0.25, 0.3) is 22.2 Å². The Balaban J connectivity index is 1.79. The molecule has 0 atom stereocenters. The first-order chi connectivity index (χ1) is 13.5. The minimum atomic E-state index is -0.0594. The van der Waals surface area contributed by atoms with Gasteiger partial charge in [-0.15, -0.1) is 0 Å². The minimum absolute atomic E-state index is 0.0594. The molecule has 0 amide bonds. The normalized spacial score (nSPS) is 11.0. The Morgan fingerprint density at radius 3 is 2.82 bits per heavy atom. The van der Waals surface area contributed by atoms with Crippen molar-refractivity contribution in [1.29, 1.82) is 0 Å². The number of nitrogens with two attached hydrogens (primary N) is 1. The Morgan fingerprint density at radius 2 is 2.04 bits per heavy atom. The maximum Gasteiger partial charge on any atom is 0.227 e. The van der Waals surface area contributed by atoms with Gasteiger partial charge in [0.2, 0.25) is 5.95 Å². The number of nitrogens with zero attached hydrogens (tertiary/aromatic N) is 3. The van der Waals surface area contributed by atoms with E-state index in [2.05, 4.69) is 15.3 Å². The molecule has 4 N–H and O–H groups in total. The molecule has 2 aromatic carbocycles. The summed E-state index contributed by atoms with van der Waals surface area (Å²) in [7, 11) is 3.48. The molecule has 7 nitrogen and oxygen atoms in total. The van der Waals surface area contributed by atoms with Gasteiger partial charge in [-0.3, -0.25) is 0 Å². The number of para-hydroxylation sites is 1. The number of hydrogen-bond donors (Lipinski definition) is 3. The highest BCUT2D eigenvalue weighted by Gasteiger charge is 2.15. The Kier molecular flexibility index (Phi) is 4.44. The number of phenolic OH excluding ortho intramolecular Hbond substituents is 1. The number of rotatable bonds is 4. The van der Waals surface area contributed by atoms with Crippen LogP contribution >= 0.6 is 11.6 Å². The standard InChI is InChI=1S/C20H18ClN5O2/c1-26-10-12(11-5-3-4-6-16(11)26)19-13(21)9-23-20(25-19)24-15-7-14(22)17(27)8-18(15)28-2/h3-10,27H,22H2,1-2H3,(H,23,24,25). The van der Waals surface area contributed by atoms with Gasteiger partial charge >= 0.3 is 0 Å². The number of methoxy groups -OCH3 is 1. The summed E-state index contributed by atoms with van der Waals surface area (Å²) in [6.45, 7) is 0. The van der Waals surface area contributed by atoms with Crippen molar-refractivity contribution < 1.29 is 9.84 Å². The Morgan fingerprint density at radius 1 is 1.25 bits per heavy atom. The molecule has 4 rings (SSSR count). The number of ether oxygens (including phenoxy) is 1. The van der Waals surface area contributed by atoms with Gasteiger partial charge in [0.1, 0.15) is 11.5 Å². The van der Waals surface area contributed by atoms with Crippen LogP contribution in [0.1, 0.15) is 0 Å². The number of nitrogen functional groups attached to an aromatic ring is 1. The molecule has 0 saturated carbocycles. The van der Waals surface area contributed by atoms with Crippen LogP contribution in [0, 0.1) is 0 Å². The third kappa shape index (κ3) is 3.05. The van der Waals surface area contributed by atoms with Gasteiger partial charge in [0.05, 0.1) is 35.4 Å². The molecular formula is C20H18ClN5O2. The lowest BCUT2D eigenvalue weighted by atomic mass is 10.1. The number of aryl methyl sites for hydroxylation is 1. The zero-order valence-corrected chi connectivity index (χ0v) is 16.0. The second-order valence-electron chi connectivity index (χ2n) is 6.30. The first-order valence-electron chi connectivity index (χ1n) is 8.48. The summed E-state index contributed by atoms with van der Waals surface area (Å²) in [5.41, 5.74) is 9.14. The average Bonchev–Trinajstić information content (AvgIpc) is 3.03. The monoisotopic (exact) mass is 395 g/mol. The molecule has 4 aromatic rings. The minimum Gasteiger partial charge on any atom is -0.506 e. The number of phenols is 1. The van der Waals surface area contributed by atoms with Crippen LogP contribution in [-0.4, -0.2) is 26.8 Å². The van der Waals surface area contributed by atoms with Crippen LogP contribution < -0.4 is 15.8 Å². The molecule has 0 saturated heterocycles. The van der Waals surface area contributed by atoms with E-state index < -0.39 is 0 Å². The van der Waals surface area contributed by atoms with E-state index in [0.29, 0.717) is 28.1 Å². The van der Waals surface area contributed by atoms with Crippen molar-refractivity contribution in [2.75, 3.05) is 18.2 Å². The molecule has 0 fully saturated rings. The van der Waals surface area contributed by atoms with E-state index in [1.807, 2.05) is 42.1 Å². The number of benzene rings is 2. The molecule has 28 heavy (non-hydrogen) atoms. The first kappa shape index (κ1) is 17.9. The van der Waals surface area contributed by atoms with Gasteiger partial charge in [-0.25, -0.2) is 9.97 Å². The summed E-state index contributed by atoms with van der Waals surface area (Å²) < 4.78 is 7.32. The van der Waals surface area contributed by atoms with Gasteiger partial charge in [-0.2, -0.15) is 0 Å². The highest BCUT2D eigenvalue weighted by molar-refractivity contribution is 6.33. The summed E-state index contributed by atoms with van der Waals surface area (Å²) in [4.78, 5) is 8.86. The molecule has 0 unspecified atom stereocenters. The van der Waals surface area contributed by atoms with E-state index in [1.165, 1.54) is 13.2 Å². The summed E-state index contributed by atoms with van der Waals surface area (Å²) in [6, 6.07) is 11.0. The summed E-state index contributed by atoms with van der Waals surface area (Å²) in [6.07, 6.45) is 3.53. The number of anilines is 3. The van der Waals surface area contributed by atoms with Crippen molar-refractivity contribution in [2.24, 2.45) is 7.05 Å². The Hall–Kier alpha value is -3.45. The van der Waals surface area contributed by atoms with E-state index in [4.69, 9.17) is 22.1 Å². The zero-order chi connectivity index (χ0) is 19.8. The number of hydrogen-bond acceptors (Lipinski definition) is 6. The van der Waals surface area contributed by atoms with Crippen molar-refractivity contribution in [1.82, 2.24) is 14.5 Å². The maximum absolute atomic E-state index is 9.77. The van der Waals surface area contributed by atoms with Crippen molar-refractivity contribution in [2.45, 2.75) is 0 Å². The fourth-order valence-corrected chi connectivity index (χ4v) is 3.31. The predicted octanol–water partition coefficient (Wildman–Crippen LogP) is 4.33. The van der Waals surface area contributed by atoms with Crippen LogP contribution in [0.15, 0.2) is 48.8 Å². The second kappa shape index (κ2) is 6.94. The van der Waals surface area contributed by atoms with E-state index in [1.54, 1.807) is 12.3 Å². The summed E-state index contributed by atoms with van der Waals surface area (Å²) >= 11 is 6.41. The van der Waals surface area contributed by atoms with Crippen LogP contribution in [0.4, 0.5) is 17.3 Å². The van der Waals surface area contributed by atoms with Crippen LogP contribution in [0.2, 0.25) is 5.02 Å².